The lowest BCUT2D eigenvalue weighted by Gasteiger charge is -2.46. The Labute approximate surface area is 462 Å². The average molecular weight is 1020 g/mol. The molecule has 4 nitrogen and oxygen atoms in total. The van der Waals surface area contributed by atoms with Gasteiger partial charge in [0.2, 0.25) is 0 Å². The summed E-state index contributed by atoms with van der Waals surface area (Å²) in [5.41, 5.74) is 31.0. The fraction of sp³-hybridized carbons (Fsp3) is 0.347. The maximum absolute atomic E-state index is 5.11. The van der Waals surface area contributed by atoms with Crippen molar-refractivity contribution >= 4 is 112 Å². The van der Waals surface area contributed by atoms with Crippen LogP contribution in [0.15, 0.2) is 109 Å². The Balaban J connectivity index is 1.33. The number of benzene rings is 7. The maximum atomic E-state index is 5.11. The van der Waals surface area contributed by atoms with Crippen LogP contribution >= 0.6 is 0 Å². The Morgan fingerprint density at radius 1 is 0.385 bits per heavy atom. The Kier molecular flexibility index (Phi) is 9.12. The molecule has 8 heterocycles. The Hall–Kier alpha value is -6.78. The van der Waals surface area contributed by atoms with E-state index in [1.54, 1.807) is 0 Å². The molecule has 0 radical (unpaired) electrons. The van der Waals surface area contributed by atoms with Gasteiger partial charge in [-0.1, -0.05) is 203 Å². The molecule has 0 fully saturated rings. The topological polar surface area (TPSA) is 27.7 Å². The largest absolute Gasteiger partial charge is 0.311 e. The third-order valence-corrected chi connectivity index (χ3v) is 19.7. The van der Waals surface area contributed by atoms with Gasteiger partial charge in [-0.3, -0.25) is 4.98 Å². The van der Waals surface area contributed by atoms with Crippen LogP contribution in [0.25, 0.3) is 93.6 Å². The highest BCUT2D eigenvalue weighted by Crippen LogP contribution is 2.51. The van der Waals surface area contributed by atoms with Crippen LogP contribution in [0.3, 0.4) is 0 Å². The van der Waals surface area contributed by atoms with E-state index in [1.807, 2.05) is 6.20 Å². The van der Waals surface area contributed by atoms with E-state index in [1.165, 1.54) is 154 Å². The van der Waals surface area contributed by atoms with E-state index in [-0.39, 0.29) is 45.9 Å². The minimum atomic E-state index is -0.159. The number of hydrogen-bond acceptors (Lipinski definition) is 1. The lowest BCUT2D eigenvalue weighted by Crippen LogP contribution is -2.69. The zero-order valence-corrected chi connectivity index (χ0v) is 49.5. The van der Waals surface area contributed by atoms with Crippen molar-refractivity contribution < 1.29 is 0 Å². The standard InChI is InChI=1S/C72H74B2N4/c1-19-72(17,18)50-33-29-44-42-25-23-40(68(5,6)7)36-52(42)77-61(44)57(50)74-56-49(71(14,15)16)32-28-46-45-27-31-48(70(11,12)13)55-62(45)78(63(46)56)66-58-64(53(65(77)59(66)74)38-21-20-34-75-37-38)76-51-35-39(67(2,3)4)22-24-41(51)43-26-30-47(69(8,9)10)54(60(43)76)73(55)58/h20-37H,19H2,1-18H3. The molecule has 0 N–H and O–H groups in total. The van der Waals surface area contributed by atoms with Gasteiger partial charge < -0.3 is 13.7 Å². The Morgan fingerprint density at radius 3 is 1.13 bits per heavy atom. The molecule has 0 saturated carbocycles. The molecule has 0 aliphatic carbocycles. The molecule has 7 aromatic carbocycles. The van der Waals surface area contributed by atoms with E-state index < -0.39 is 0 Å². The van der Waals surface area contributed by atoms with Gasteiger partial charge in [0.15, 0.2) is 0 Å². The van der Waals surface area contributed by atoms with Crippen LogP contribution in [0.4, 0.5) is 0 Å². The van der Waals surface area contributed by atoms with Gasteiger partial charge in [-0.25, -0.2) is 0 Å². The zero-order valence-electron chi connectivity index (χ0n) is 49.5. The van der Waals surface area contributed by atoms with Crippen molar-refractivity contribution in [3.05, 3.63) is 143 Å². The first-order valence-corrected chi connectivity index (χ1v) is 29.2. The predicted molar refractivity (Wildman–Crippen MR) is 339 cm³/mol. The Morgan fingerprint density at radius 2 is 0.756 bits per heavy atom. The number of rotatable bonds is 3. The van der Waals surface area contributed by atoms with Gasteiger partial charge in [0.25, 0.3) is 13.4 Å². The fourth-order valence-electron chi connectivity index (χ4n) is 15.7. The average Bonchev–Trinajstić information content (AvgIpc) is 1.77. The van der Waals surface area contributed by atoms with Crippen molar-refractivity contribution in [1.82, 2.24) is 18.7 Å². The molecule has 4 aliphatic rings. The third kappa shape index (κ3) is 5.87. The van der Waals surface area contributed by atoms with Crippen LogP contribution < -0.4 is 32.8 Å². The van der Waals surface area contributed by atoms with Crippen LogP contribution in [0.5, 0.6) is 0 Å². The fourth-order valence-corrected chi connectivity index (χ4v) is 15.7. The molecular weight excluding hydrogens is 942 g/mol. The van der Waals surface area contributed by atoms with E-state index in [0.717, 1.165) is 12.0 Å². The van der Waals surface area contributed by atoms with E-state index in [2.05, 4.69) is 242 Å². The third-order valence-electron chi connectivity index (χ3n) is 19.7. The summed E-state index contributed by atoms with van der Waals surface area (Å²) in [4.78, 5) is 5.11. The van der Waals surface area contributed by atoms with Crippen molar-refractivity contribution in [2.45, 2.75) is 164 Å². The molecule has 0 saturated heterocycles. The molecule has 78 heavy (non-hydrogen) atoms. The molecular formula is C72H74B2N4. The first kappa shape index (κ1) is 48.4. The second-order valence-electron chi connectivity index (χ2n) is 30.0. The molecule has 15 rings (SSSR count). The van der Waals surface area contributed by atoms with Crippen LogP contribution in [0.2, 0.25) is 0 Å². The van der Waals surface area contributed by atoms with Crippen molar-refractivity contribution in [3.63, 3.8) is 0 Å². The van der Waals surface area contributed by atoms with Gasteiger partial charge in [0.1, 0.15) is 0 Å². The first-order chi connectivity index (χ1) is 36.6. The number of nitrogens with zero attached hydrogens (tertiary/aromatic N) is 4. The summed E-state index contributed by atoms with van der Waals surface area (Å²) in [6.07, 6.45) is 5.18. The number of pyridine rings is 1. The van der Waals surface area contributed by atoms with E-state index in [9.17, 15) is 0 Å². The van der Waals surface area contributed by atoms with Crippen LogP contribution in [-0.4, -0.2) is 32.1 Å². The summed E-state index contributed by atoms with van der Waals surface area (Å²) >= 11 is 0. The smallest absolute Gasteiger partial charge is 0.252 e. The van der Waals surface area contributed by atoms with Gasteiger partial charge in [-0.2, -0.15) is 0 Å². The lowest BCUT2D eigenvalue weighted by molar-refractivity contribution is 0.509. The van der Waals surface area contributed by atoms with Crippen molar-refractivity contribution in [3.8, 4) is 28.2 Å². The molecule has 4 aromatic heterocycles. The van der Waals surface area contributed by atoms with Crippen molar-refractivity contribution in [1.29, 1.82) is 0 Å². The quantitative estimate of drug-likeness (QED) is 0.162. The van der Waals surface area contributed by atoms with Crippen molar-refractivity contribution in [2.24, 2.45) is 0 Å². The van der Waals surface area contributed by atoms with Crippen LogP contribution in [0, 0.1) is 0 Å². The summed E-state index contributed by atoms with van der Waals surface area (Å²) in [5.74, 6) is 0. The van der Waals surface area contributed by atoms with Gasteiger partial charge in [0.05, 0.1) is 22.4 Å². The normalized spacial score (nSPS) is 14.8. The van der Waals surface area contributed by atoms with Gasteiger partial charge in [0, 0.05) is 83.6 Å². The molecule has 0 unspecified atom stereocenters. The van der Waals surface area contributed by atoms with Gasteiger partial charge in [-0.05, 0) is 123 Å². The number of fused-ring (bicyclic) bond motifs is 13. The molecule has 11 aromatic rings. The summed E-state index contributed by atoms with van der Waals surface area (Å²) in [6.45, 7) is 43.6. The lowest BCUT2D eigenvalue weighted by atomic mass is 9.27. The number of hydrogen-bond donors (Lipinski definition) is 0. The molecule has 0 amide bonds. The summed E-state index contributed by atoms with van der Waals surface area (Å²) < 4.78 is 8.51. The molecule has 4 aliphatic heterocycles. The SMILES string of the molecule is CCC(C)(C)c1ccc2c3ccc(C(C)(C)C)cc3n3c2c1B1c2c-3c(-c3cccnc3)c3c4c2-n2c5c(c(C(C)(C)C)ccc5c5ccc(C(C)(C)C)c1c52)B4c1c(C(C)(C)C)ccc2c4ccc(C(C)(C)C)cc4n-3c12. The Bertz CT molecular complexity index is 4570. The highest BCUT2D eigenvalue weighted by Gasteiger charge is 2.54. The minimum Gasteiger partial charge on any atom is -0.311 e. The van der Waals surface area contributed by atoms with E-state index in [4.69, 9.17) is 4.98 Å². The van der Waals surface area contributed by atoms with E-state index >= 15 is 0 Å². The monoisotopic (exact) mass is 1020 g/mol. The van der Waals surface area contributed by atoms with Crippen LogP contribution in [0.1, 0.15) is 164 Å². The minimum absolute atomic E-state index is 0.0636. The number of aromatic nitrogens is 4. The molecule has 0 bridgehead atoms. The summed E-state index contributed by atoms with van der Waals surface area (Å²) in [7, 11) is 0. The van der Waals surface area contributed by atoms with Crippen LogP contribution in [-0.2, 0) is 32.5 Å². The first-order valence-electron chi connectivity index (χ1n) is 29.2. The van der Waals surface area contributed by atoms with Gasteiger partial charge >= 0.3 is 0 Å². The van der Waals surface area contributed by atoms with E-state index in [0.29, 0.717) is 0 Å². The molecule has 388 valence electrons. The maximum Gasteiger partial charge on any atom is 0.252 e. The van der Waals surface area contributed by atoms with Gasteiger partial charge in [-0.15, -0.1) is 0 Å². The zero-order chi connectivity index (χ0) is 54.8. The second-order valence-corrected chi connectivity index (χ2v) is 30.0. The van der Waals surface area contributed by atoms with Crippen molar-refractivity contribution in [2.75, 3.05) is 0 Å². The predicted octanol–water partition coefficient (Wildman–Crippen LogP) is 14.5. The summed E-state index contributed by atoms with van der Waals surface area (Å²) in [6, 6.07) is 39.6. The highest BCUT2D eigenvalue weighted by atomic mass is 15.1. The second kappa shape index (κ2) is 14.7. The highest BCUT2D eigenvalue weighted by molar-refractivity contribution is 7.05. The molecule has 0 spiro atoms. The molecule has 6 heteroatoms. The summed E-state index contributed by atoms with van der Waals surface area (Å²) in [5, 5.41) is 8.01. The molecule has 0 atom stereocenters.